The van der Waals surface area contributed by atoms with E-state index in [-0.39, 0.29) is 10.8 Å². The fraction of sp³-hybridized carbons (Fsp3) is 0.538. The average Bonchev–Trinajstić information content (AvgIpc) is 3.48. The second-order valence-electron chi connectivity index (χ2n) is 10.2. The van der Waals surface area contributed by atoms with Crippen molar-refractivity contribution in [1.29, 1.82) is 0 Å². The normalized spacial score (nSPS) is 28.4. The Kier molecular flexibility index (Phi) is 3.76. The molecule has 150 valence electrons. The van der Waals surface area contributed by atoms with Crippen molar-refractivity contribution >= 4 is 5.78 Å². The number of aromatic nitrogens is 2. The molecular formula is C26H30N2O. The van der Waals surface area contributed by atoms with Gasteiger partial charge in [-0.25, -0.2) is 0 Å². The van der Waals surface area contributed by atoms with E-state index in [1.807, 2.05) is 0 Å². The maximum Gasteiger partial charge on any atom is 0.160 e. The molecule has 0 amide bonds. The third kappa shape index (κ3) is 2.55. The van der Waals surface area contributed by atoms with Gasteiger partial charge in [0.1, 0.15) is 0 Å². The summed E-state index contributed by atoms with van der Waals surface area (Å²) in [7, 11) is 0. The van der Waals surface area contributed by atoms with Crippen LogP contribution in [0.4, 0.5) is 0 Å². The lowest BCUT2D eigenvalue weighted by Gasteiger charge is -2.47. The summed E-state index contributed by atoms with van der Waals surface area (Å²) in [4.78, 5) is 13.8. The molecule has 1 aromatic heterocycles. The number of benzene rings is 1. The van der Waals surface area contributed by atoms with Gasteiger partial charge >= 0.3 is 0 Å². The second-order valence-corrected chi connectivity index (χ2v) is 10.2. The summed E-state index contributed by atoms with van der Waals surface area (Å²) in [6, 6.07) is 10.7. The molecule has 3 nitrogen and oxygen atoms in total. The van der Waals surface area contributed by atoms with Crippen molar-refractivity contribution in [1.82, 2.24) is 10.2 Å². The number of allylic oxidation sites excluding steroid dienone is 2. The van der Waals surface area contributed by atoms with Gasteiger partial charge in [-0.1, -0.05) is 55.2 Å². The Labute approximate surface area is 173 Å². The zero-order valence-electron chi connectivity index (χ0n) is 17.4. The number of nitrogens with one attached hydrogen (secondary N) is 1. The highest BCUT2D eigenvalue weighted by molar-refractivity contribution is 6.01. The molecule has 6 rings (SSSR count). The molecule has 4 aliphatic rings. The summed E-state index contributed by atoms with van der Waals surface area (Å²) >= 11 is 0. The van der Waals surface area contributed by atoms with Gasteiger partial charge in [-0.05, 0) is 50.0 Å². The van der Waals surface area contributed by atoms with Crippen LogP contribution in [0.3, 0.4) is 0 Å². The highest BCUT2D eigenvalue weighted by Crippen LogP contribution is 2.57. The molecule has 1 atom stereocenters. The van der Waals surface area contributed by atoms with Crippen molar-refractivity contribution in [2.45, 2.75) is 82.5 Å². The lowest BCUT2D eigenvalue weighted by atomic mass is 9.55. The molecule has 0 bridgehead atoms. The number of aromatic amines is 1. The number of carbonyl (C=O) groups excluding carboxylic acids is 1. The predicted octanol–water partition coefficient (Wildman–Crippen LogP) is 5.76. The van der Waals surface area contributed by atoms with Crippen LogP contribution in [0, 0.1) is 5.41 Å². The van der Waals surface area contributed by atoms with Crippen molar-refractivity contribution in [3.05, 3.63) is 64.0 Å². The molecule has 2 saturated carbocycles. The van der Waals surface area contributed by atoms with E-state index in [0.29, 0.717) is 11.7 Å². The number of nitrogens with zero attached hydrogens (tertiary/aromatic N) is 1. The minimum Gasteiger partial charge on any atom is -0.294 e. The Morgan fingerprint density at radius 3 is 2.52 bits per heavy atom. The van der Waals surface area contributed by atoms with E-state index < -0.39 is 0 Å². The van der Waals surface area contributed by atoms with E-state index in [4.69, 9.17) is 5.10 Å². The Morgan fingerprint density at radius 1 is 1.03 bits per heavy atom. The first-order chi connectivity index (χ1) is 14.1. The van der Waals surface area contributed by atoms with Crippen LogP contribution in [0.1, 0.15) is 93.1 Å². The highest BCUT2D eigenvalue weighted by Gasteiger charge is 2.52. The summed E-state index contributed by atoms with van der Waals surface area (Å²) in [5.41, 5.74) is 7.40. The molecular weight excluding hydrogens is 356 g/mol. The third-order valence-electron chi connectivity index (χ3n) is 8.25. The van der Waals surface area contributed by atoms with Gasteiger partial charge in [-0.2, -0.15) is 5.10 Å². The summed E-state index contributed by atoms with van der Waals surface area (Å²) < 4.78 is 0. The zero-order chi connectivity index (χ0) is 19.6. The van der Waals surface area contributed by atoms with Gasteiger partial charge in [0.2, 0.25) is 0 Å². The fourth-order valence-electron chi connectivity index (χ4n) is 6.80. The third-order valence-corrected chi connectivity index (χ3v) is 8.25. The van der Waals surface area contributed by atoms with Gasteiger partial charge in [0.15, 0.2) is 5.78 Å². The molecule has 2 fully saturated rings. The van der Waals surface area contributed by atoms with Gasteiger partial charge in [-0.15, -0.1) is 0 Å². The van der Waals surface area contributed by atoms with Gasteiger partial charge in [0.25, 0.3) is 0 Å². The number of rotatable bonds is 2. The molecule has 2 aromatic rings. The monoisotopic (exact) mass is 386 g/mol. The zero-order valence-corrected chi connectivity index (χ0v) is 17.4. The summed E-state index contributed by atoms with van der Waals surface area (Å²) in [6.07, 6.45) is 11.5. The highest BCUT2D eigenvalue weighted by atomic mass is 16.1. The lowest BCUT2D eigenvalue weighted by molar-refractivity contribution is -0.120. The van der Waals surface area contributed by atoms with E-state index in [0.717, 1.165) is 24.8 Å². The van der Waals surface area contributed by atoms with Crippen molar-refractivity contribution < 1.29 is 4.79 Å². The van der Waals surface area contributed by atoms with E-state index in [1.54, 1.807) is 0 Å². The SMILES string of the molecule is CC1(c2ccccc2)C2=C(Cc3[nH]nc(C4CC4)c31)CC1(CCCCC1)CC2=O. The molecule has 0 saturated heterocycles. The van der Waals surface area contributed by atoms with Crippen LogP contribution in [-0.2, 0) is 16.6 Å². The Morgan fingerprint density at radius 2 is 1.79 bits per heavy atom. The van der Waals surface area contributed by atoms with Gasteiger partial charge in [0, 0.05) is 41.0 Å². The topological polar surface area (TPSA) is 45.8 Å². The van der Waals surface area contributed by atoms with Crippen molar-refractivity contribution in [2.24, 2.45) is 5.41 Å². The number of fused-ring (bicyclic) bond motifs is 1. The Balaban J connectivity index is 1.55. The van der Waals surface area contributed by atoms with Crippen molar-refractivity contribution in [2.75, 3.05) is 0 Å². The predicted molar refractivity (Wildman–Crippen MR) is 114 cm³/mol. The molecule has 1 aromatic carbocycles. The van der Waals surface area contributed by atoms with Crippen LogP contribution in [0.2, 0.25) is 0 Å². The van der Waals surface area contributed by atoms with Crippen LogP contribution in [0.15, 0.2) is 41.5 Å². The Bertz CT molecular complexity index is 1000. The number of H-pyrrole nitrogens is 1. The molecule has 1 unspecified atom stereocenters. The van der Waals surface area contributed by atoms with Crippen LogP contribution >= 0.6 is 0 Å². The van der Waals surface area contributed by atoms with Gasteiger partial charge < -0.3 is 0 Å². The smallest absolute Gasteiger partial charge is 0.160 e. The first-order valence-electron chi connectivity index (χ1n) is 11.5. The first-order valence-corrected chi connectivity index (χ1v) is 11.5. The molecule has 0 aliphatic heterocycles. The average molecular weight is 387 g/mol. The number of hydrogen-bond donors (Lipinski definition) is 1. The van der Waals surface area contributed by atoms with E-state index in [1.165, 1.54) is 73.0 Å². The molecule has 1 heterocycles. The van der Waals surface area contributed by atoms with E-state index in [2.05, 4.69) is 42.4 Å². The maximum absolute atomic E-state index is 13.8. The Hall–Kier alpha value is -2.16. The molecule has 4 aliphatic carbocycles. The number of carbonyl (C=O) groups is 1. The summed E-state index contributed by atoms with van der Waals surface area (Å²) in [5.74, 6) is 0.983. The summed E-state index contributed by atoms with van der Waals surface area (Å²) in [6.45, 7) is 2.30. The van der Waals surface area contributed by atoms with E-state index >= 15 is 0 Å². The van der Waals surface area contributed by atoms with Crippen LogP contribution in [0.25, 0.3) is 0 Å². The summed E-state index contributed by atoms with van der Waals surface area (Å²) in [5, 5.41) is 8.22. The molecule has 0 radical (unpaired) electrons. The minimum atomic E-state index is -0.373. The van der Waals surface area contributed by atoms with Crippen LogP contribution < -0.4 is 0 Å². The largest absolute Gasteiger partial charge is 0.294 e. The van der Waals surface area contributed by atoms with Crippen LogP contribution in [0.5, 0.6) is 0 Å². The number of Topliss-reactive ketones (excluding diaryl/α,β-unsaturated/α-hetero) is 1. The van der Waals surface area contributed by atoms with Gasteiger partial charge in [0.05, 0.1) is 5.69 Å². The molecule has 3 heteroatoms. The number of ketones is 1. The standard InChI is InChI=1S/C26H30N2O/c1-25(19-8-4-2-5-9-19)22-18(14-20-23(25)24(28-27-20)17-10-11-17)15-26(16-21(22)29)12-6-3-7-13-26/h2,4-5,8-9,17H,3,6-7,10-16H2,1H3,(H,27,28). The quantitative estimate of drug-likeness (QED) is 0.713. The van der Waals surface area contributed by atoms with Gasteiger partial charge in [-0.3, -0.25) is 9.89 Å². The minimum absolute atomic E-state index is 0.225. The van der Waals surface area contributed by atoms with E-state index in [9.17, 15) is 4.79 Å². The van der Waals surface area contributed by atoms with Crippen LogP contribution in [-0.4, -0.2) is 16.0 Å². The van der Waals surface area contributed by atoms with Crippen molar-refractivity contribution in [3.63, 3.8) is 0 Å². The first kappa shape index (κ1) is 17.7. The van der Waals surface area contributed by atoms with Crippen molar-refractivity contribution in [3.8, 4) is 0 Å². The lowest BCUT2D eigenvalue weighted by Crippen LogP contribution is -2.43. The number of hydrogen-bond acceptors (Lipinski definition) is 2. The second kappa shape index (κ2) is 6.17. The fourth-order valence-corrected chi connectivity index (χ4v) is 6.80. The molecule has 1 spiro atoms. The molecule has 1 N–H and O–H groups in total. The molecule has 29 heavy (non-hydrogen) atoms. The maximum atomic E-state index is 13.8.